The van der Waals surface area contributed by atoms with Gasteiger partial charge in [-0.05, 0) is 29.7 Å². The number of hydrogen-bond acceptors (Lipinski definition) is 5. The second kappa shape index (κ2) is 8.15. The van der Waals surface area contributed by atoms with E-state index < -0.39 is 5.97 Å². The van der Waals surface area contributed by atoms with Crippen LogP contribution in [0.25, 0.3) is 0 Å². The van der Waals surface area contributed by atoms with Crippen molar-refractivity contribution in [3.05, 3.63) is 34.2 Å². The number of aromatic nitrogens is 2. The number of carboxylic acid groups (broad SMARTS) is 1. The van der Waals surface area contributed by atoms with Gasteiger partial charge >= 0.3 is 5.97 Å². The number of carboxylic acids is 1. The molecule has 0 atom stereocenters. The first kappa shape index (κ1) is 17.5. The molecular formula is C17H21N3O4S. The van der Waals surface area contributed by atoms with Crippen LogP contribution < -0.4 is 10.1 Å². The molecule has 7 nitrogen and oxygen atoms in total. The second-order valence-electron chi connectivity index (χ2n) is 6.15. The van der Waals surface area contributed by atoms with Crippen molar-refractivity contribution in [2.24, 2.45) is 0 Å². The van der Waals surface area contributed by atoms with Crippen molar-refractivity contribution in [3.8, 4) is 5.88 Å². The molecule has 1 amide bonds. The fourth-order valence-corrected chi connectivity index (χ4v) is 3.58. The average Bonchev–Trinajstić information content (AvgIpc) is 3.23. The molecule has 0 aromatic carbocycles. The normalized spacial score (nSPS) is 15.0. The van der Waals surface area contributed by atoms with Crippen molar-refractivity contribution < 1.29 is 19.4 Å². The summed E-state index contributed by atoms with van der Waals surface area (Å²) >= 11 is 1.56. The zero-order valence-corrected chi connectivity index (χ0v) is 14.6. The molecule has 2 N–H and O–H groups in total. The number of nitrogens with one attached hydrogen (secondary N) is 1. The molecule has 0 unspecified atom stereocenters. The predicted molar refractivity (Wildman–Crippen MR) is 92.9 cm³/mol. The lowest BCUT2D eigenvalue weighted by atomic mass is 9.95. The lowest BCUT2D eigenvalue weighted by Gasteiger charge is -2.22. The molecule has 0 aliphatic heterocycles. The Morgan fingerprint density at radius 2 is 2.16 bits per heavy atom. The summed E-state index contributed by atoms with van der Waals surface area (Å²) in [4.78, 5) is 23.4. The van der Waals surface area contributed by atoms with Crippen molar-refractivity contribution in [1.29, 1.82) is 0 Å². The van der Waals surface area contributed by atoms with Crippen LogP contribution in [0.1, 0.15) is 48.2 Å². The molecule has 1 fully saturated rings. The third-order valence-corrected chi connectivity index (χ3v) is 4.92. The minimum Gasteiger partial charge on any atom is -0.476 e. The van der Waals surface area contributed by atoms with Gasteiger partial charge in [0.1, 0.15) is 13.2 Å². The van der Waals surface area contributed by atoms with Crippen molar-refractivity contribution in [2.45, 2.75) is 51.3 Å². The highest BCUT2D eigenvalue weighted by Crippen LogP contribution is 2.19. The van der Waals surface area contributed by atoms with Crippen LogP contribution in [0, 0.1) is 0 Å². The third kappa shape index (κ3) is 4.82. The molecule has 2 aromatic rings. The topological polar surface area (TPSA) is 93.5 Å². The van der Waals surface area contributed by atoms with Gasteiger partial charge in [0.25, 0.3) is 0 Å². The van der Waals surface area contributed by atoms with Gasteiger partial charge < -0.3 is 15.2 Å². The molecule has 8 heteroatoms. The van der Waals surface area contributed by atoms with Crippen LogP contribution in [-0.4, -0.2) is 32.8 Å². The Balaban J connectivity index is 1.65. The van der Waals surface area contributed by atoms with E-state index in [1.54, 1.807) is 11.3 Å². The zero-order valence-electron chi connectivity index (χ0n) is 13.8. The smallest absolute Gasteiger partial charge is 0.356 e. The minimum absolute atomic E-state index is 0.0528. The molecule has 1 saturated carbocycles. The van der Waals surface area contributed by atoms with Gasteiger partial charge in [-0.3, -0.25) is 4.79 Å². The van der Waals surface area contributed by atoms with Crippen LogP contribution in [0.15, 0.2) is 22.9 Å². The highest BCUT2D eigenvalue weighted by atomic mass is 32.1. The minimum atomic E-state index is -1.15. The molecule has 0 spiro atoms. The Morgan fingerprint density at radius 3 is 2.84 bits per heavy atom. The number of rotatable bonds is 7. The number of ether oxygens (including phenoxy) is 1. The molecule has 2 aromatic heterocycles. The number of aromatic carboxylic acids is 1. The van der Waals surface area contributed by atoms with E-state index in [1.165, 1.54) is 17.2 Å². The largest absolute Gasteiger partial charge is 0.476 e. The zero-order chi connectivity index (χ0) is 17.6. The van der Waals surface area contributed by atoms with E-state index in [9.17, 15) is 9.59 Å². The van der Waals surface area contributed by atoms with Gasteiger partial charge in [-0.15, -0.1) is 0 Å². The van der Waals surface area contributed by atoms with E-state index >= 15 is 0 Å². The number of hydrogen-bond donors (Lipinski definition) is 2. The van der Waals surface area contributed by atoms with Crippen LogP contribution in [0.4, 0.5) is 0 Å². The van der Waals surface area contributed by atoms with Crippen LogP contribution in [0.3, 0.4) is 0 Å². The molecule has 2 heterocycles. The predicted octanol–water partition coefficient (Wildman–Crippen LogP) is 2.67. The lowest BCUT2D eigenvalue weighted by molar-refractivity contribution is -0.122. The first-order valence-corrected chi connectivity index (χ1v) is 9.30. The van der Waals surface area contributed by atoms with E-state index in [2.05, 4.69) is 10.4 Å². The van der Waals surface area contributed by atoms with Crippen LogP contribution >= 0.6 is 11.3 Å². The maximum atomic E-state index is 12.3. The molecule has 0 radical (unpaired) electrons. The van der Waals surface area contributed by atoms with E-state index in [0.717, 1.165) is 31.2 Å². The summed E-state index contributed by atoms with van der Waals surface area (Å²) in [6.45, 7) is 0.251. The molecule has 1 aliphatic rings. The van der Waals surface area contributed by atoms with Gasteiger partial charge in [0.15, 0.2) is 5.69 Å². The van der Waals surface area contributed by atoms with Gasteiger partial charge in [-0.25, -0.2) is 9.48 Å². The summed E-state index contributed by atoms with van der Waals surface area (Å²) in [7, 11) is 0. The standard InChI is InChI=1S/C17H21N3O4S/c21-15(18-13-4-2-1-3-5-13)9-20-16(8-14(19-20)17(22)23)24-10-12-6-7-25-11-12/h6-8,11,13H,1-5,9-10H2,(H,18,21)(H,22,23). The quantitative estimate of drug-likeness (QED) is 0.789. The Labute approximate surface area is 149 Å². The molecular weight excluding hydrogens is 342 g/mol. The van der Waals surface area contributed by atoms with Crippen molar-refractivity contribution >= 4 is 23.2 Å². The Hall–Kier alpha value is -2.35. The lowest BCUT2D eigenvalue weighted by Crippen LogP contribution is -2.38. The van der Waals surface area contributed by atoms with E-state index in [4.69, 9.17) is 9.84 Å². The maximum Gasteiger partial charge on any atom is 0.356 e. The summed E-state index contributed by atoms with van der Waals surface area (Å²) in [6.07, 6.45) is 5.46. The number of amides is 1. The number of thiophene rings is 1. The van der Waals surface area contributed by atoms with Gasteiger partial charge in [0.05, 0.1) is 0 Å². The molecule has 0 saturated heterocycles. The number of carbonyl (C=O) groups excluding carboxylic acids is 1. The van der Waals surface area contributed by atoms with Crippen molar-refractivity contribution in [3.63, 3.8) is 0 Å². The maximum absolute atomic E-state index is 12.3. The molecule has 0 bridgehead atoms. The van der Waals surface area contributed by atoms with Gasteiger partial charge in [0.2, 0.25) is 11.8 Å². The molecule has 3 rings (SSSR count). The van der Waals surface area contributed by atoms with Gasteiger partial charge in [-0.2, -0.15) is 16.4 Å². The molecule has 134 valence electrons. The Bertz CT molecular complexity index is 720. The number of carbonyl (C=O) groups is 2. The third-order valence-electron chi connectivity index (χ3n) is 4.19. The molecule has 25 heavy (non-hydrogen) atoms. The first-order chi connectivity index (χ1) is 12.1. The van der Waals surface area contributed by atoms with E-state index in [0.29, 0.717) is 6.61 Å². The summed E-state index contributed by atoms with van der Waals surface area (Å²) in [5, 5.41) is 20.0. The SMILES string of the molecule is O=C(Cn1nc(C(=O)O)cc1OCc1ccsc1)NC1CCCCC1. The van der Waals surface area contributed by atoms with Crippen LogP contribution in [-0.2, 0) is 17.9 Å². The van der Waals surface area contributed by atoms with Gasteiger partial charge in [-0.1, -0.05) is 19.3 Å². The molecule has 1 aliphatic carbocycles. The van der Waals surface area contributed by atoms with Crippen LogP contribution in [0.5, 0.6) is 5.88 Å². The highest BCUT2D eigenvalue weighted by molar-refractivity contribution is 7.07. The Kier molecular flexibility index (Phi) is 5.70. The van der Waals surface area contributed by atoms with E-state index in [-0.39, 0.29) is 30.1 Å². The fourth-order valence-electron chi connectivity index (χ4n) is 2.92. The van der Waals surface area contributed by atoms with Crippen LogP contribution in [0.2, 0.25) is 0 Å². The van der Waals surface area contributed by atoms with Gasteiger partial charge in [0, 0.05) is 17.7 Å². The first-order valence-electron chi connectivity index (χ1n) is 8.36. The average molecular weight is 363 g/mol. The monoisotopic (exact) mass is 363 g/mol. The summed E-state index contributed by atoms with van der Waals surface area (Å²) in [5.74, 6) is -1.04. The summed E-state index contributed by atoms with van der Waals surface area (Å²) < 4.78 is 6.98. The summed E-state index contributed by atoms with van der Waals surface area (Å²) in [5.41, 5.74) is 0.854. The summed E-state index contributed by atoms with van der Waals surface area (Å²) in [6, 6.07) is 3.48. The van der Waals surface area contributed by atoms with Crippen molar-refractivity contribution in [2.75, 3.05) is 0 Å². The number of nitrogens with zero attached hydrogens (tertiary/aromatic N) is 2. The fraction of sp³-hybridized carbons (Fsp3) is 0.471. The highest BCUT2D eigenvalue weighted by Gasteiger charge is 2.19. The Morgan fingerprint density at radius 1 is 1.36 bits per heavy atom. The van der Waals surface area contributed by atoms with E-state index in [1.807, 2.05) is 16.8 Å². The van der Waals surface area contributed by atoms with Crippen molar-refractivity contribution in [1.82, 2.24) is 15.1 Å². The second-order valence-corrected chi connectivity index (χ2v) is 6.93.